The van der Waals surface area contributed by atoms with E-state index in [1.54, 1.807) is 11.3 Å². The molecule has 1 saturated heterocycles. The highest BCUT2D eigenvalue weighted by Crippen LogP contribution is 2.36. The summed E-state index contributed by atoms with van der Waals surface area (Å²) in [5.74, 6) is 1.61. The maximum Gasteiger partial charge on any atom is 0.239 e. The lowest BCUT2D eigenvalue weighted by atomic mass is 9.97. The van der Waals surface area contributed by atoms with Gasteiger partial charge in [0.2, 0.25) is 12.7 Å². The molecule has 1 aliphatic carbocycles. The van der Waals surface area contributed by atoms with Gasteiger partial charge in [0.05, 0.1) is 12.1 Å². The average Bonchev–Trinajstić information content (AvgIpc) is 3.38. The highest BCUT2D eigenvalue weighted by atomic mass is 32.1. The molecule has 2 aliphatic heterocycles. The molecule has 5 rings (SSSR count). The number of thiophene rings is 1. The maximum absolute atomic E-state index is 12.8. The lowest BCUT2D eigenvalue weighted by molar-refractivity contribution is -0.117. The molecule has 8 heteroatoms. The van der Waals surface area contributed by atoms with Crippen molar-refractivity contribution < 1.29 is 14.3 Å². The first kappa shape index (κ1) is 22.2. The molecule has 0 saturated carbocycles. The van der Waals surface area contributed by atoms with E-state index >= 15 is 0 Å². The number of nitriles is 1. The Labute approximate surface area is 198 Å². The van der Waals surface area contributed by atoms with Gasteiger partial charge in [0.15, 0.2) is 11.5 Å². The predicted molar refractivity (Wildman–Crippen MR) is 128 cm³/mol. The number of hydrogen-bond donors (Lipinski definition) is 1. The Morgan fingerprint density at radius 1 is 1.03 bits per heavy atom. The summed E-state index contributed by atoms with van der Waals surface area (Å²) in [5, 5.41) is 13.5. The standard InChI is InChI=1S/C25H30N4O3S/c26-14-20-19-5-3-1-2-4-6-23(19)33-25(20)27-24(30)16-29-11-9-28(10-12-29)15-18-7-8-21-22(13-18)32-17-31-21/h7-8,13H,1-6,9-12,15-17H2,(H,27,30). The zero-order valence-corrected chi connectivity index (χ0v) is 19.7. The van der Waals surface area contributed by atoms with Crippen LogP contribution >= 0.6 is 11.3 Å². The van der Waals surface area contributed by atoms with Crippen LogP contribution in [0.3, 0.4) is 0 Å². The molecule has 1 fully saturated rings. The van der Waals surface area contributed by atoms with E-state index in [0.717, 1.165) is 68.5 Å². The second kappa shape index (κ2) is 10.1. The Bertz CT molecular complexity index is 1050. The van der Waals surface area contributed by atoms with Crippen LogP contribution in [0.5, 0.6) is 11.5 Å². The van der Waals surface area contributed by atoms with Gasteiger partial charge in [-0.2, -0.15) is 5.26 Å². The Hall–Kier alpha value is -2.60. The number of fused-ring (bicyclic) bond motifs is 2. The molecule has 0 bridgehead atoms. The molecule has 1 aromatic carbocycles. The maximum atomic E-state index is 12.8. The molecular weight excluding hydrogens is 436 g/mol. The van der Waals surface area contributed by atoms with Crippen molar-refractivity contribution in [1.82, 2.24) is 9.80 Å². The average molecular weight is 467 g/mol. The van der Waals surface area contributed by atoms with Crippen molar-refractivity contribution in [2.75, 3.05) is 44.8 Å². The molecule has 7 nitrogen and oxygen atoms in total. The number of carbonyl (C=O) groups excluding carboxylic acids is 1. The lowest BCUT2D eigenvalue weighted by Crippen LogP contribution is -2.48. The number of piperazine rings is 1. The summed E-state index contributed by atoms with van der Waals surface area (Å²) in [6.07, 6.45) is 6.75. The van der Waals surface area contributed by atoms with Gasteiger partial charge in [0, 0.05) is 37.6 Å². The minimum absolute atomic E-state index is 0.0232. The van der Waals surface area contributed by atoms with E-state index in [9.17, 15) is 10.1 Å². The highest BCUT2D eigenvalue weighted by molar-refractivity contribution is 7.16. The van der Waals surface area contributed by atoms with Crippen LogP contribution in [-0.4, -0.2) is 55.2 Å². The van der Waals surface area contributed by atoms with Crippen molar-refractivity contribution >= 4 is 22.2 Å². The molecule has 1 amide bonds. The molecule has 0 spiro atoms. The smallest absolute Gasteiger partial charge is 0.239 e. The van der Waals surface area contributed by atoms with Gasteiger partial charge in [-0.05, 0) is 48.9 Å². The molecule has 1 aromatic heterocycles. The molecule has 33 heavy (non-hydrogen) atoms. The Morgan fingerprint density at radius 2 is 1.79 bits per heavy atom. The first-order valence-electron chi connectivity index (χ1n) is 11.9. The molecule has 2 aromatic rings. The number of nitrogens with one attached hydrogen (secondary N) is 1. The number of rotatable bonds is 5. The molecule has 0 atom stereocenters. The van der Waals surface area contributed by atoms with E-state index in [1.165, 1.54) is 35.3 Å². The zero-order chi connectivity index (χ0) is 22.6. The molecule has 3 heterocycles. The number of aryl methyl sites for hydroxylation is 1. The van der Waals surface area contributed by atoms with Crippen LogP contribution < -0.4 is 14.8 Å². The van der Waals surface area contributed by atoms with Crippen molar-refractivity contribution in [3.8, 4) is 17.6 Å². The van der Waals surface area contributed by atoms with Gasteiger partial charge in [-0.3, -0.25) is 14.6 Å². The molecule has 0 radical (unpaired) electrons. The van der Waals surface area contributed by atoms with Gasteiger partial charge in [0.25, 0.3) is 0 Å². The Morgan fingerprint density at radius 3 is 2.61 bits per heavy atom. The van der Waals surface area contributed by atoms with Gasteiger partial charge in [-0.1, -0.05) is 18.9 Å². The Kier molecular flexibility index (Phi) is 6.81. The van der Waals surface area contributed by atoms with Crippen LogP contribution in [0.2, 0.25) is 0 Å². The molecule has 174 valence electrons. The van der Waals surface area contributed by atoms with Crippen LogP contribution in [0.25, 0.3) is 0 Å². The fourth-order valence-electron chi connectivity index (χ4n) is 4.90. The largest absolute Gasteiger partial charge is 0.454 e. The fraction of sp³-hybridized carbons (Fsp3) is 0.520. The van der Waals surface area contributed by atoms with E-state index in [4.69, 9.17) is 9.47 Å². The van der Waals surface area contributed by atoms with E-state index < -0.39 is 0 Å². The van der Waals surface area contributed by atoms with Crippen LogP contribution in [0.4, 0.5) is 5.00 Å². The second-order valence-corrected chi connectivity index (χ2v) is 10.1. The number of nitrogens with zero attached hydrogens (tertiary/aromatic N) is 3. The van der Waals surface area contributed by atoms with E-state index in [-0.39, 0.29) is 5.91 Å². The molecule has 1 N–H and O–H groups in total. The summed E-state index contributed by atoms with van der Waals surface area (Å²) in [7, 11) is 0. The first-order valence-corrected chi connectivity index (χ1v) is 12.7. The fourth-order valence-corrected chi connectivity index (χ4v) is 6.15. The van der Waals surface area contributed by atoms with Crippen LogP contribution in [0.1, 0.15) is 47.3 Å². The molecule has 0 unspecified atom stereocenters. The van der Waals surface area contributed by atoms with Crippen molar-refractivity contribution in [1.29, 1.82) is 5.26 Å². The number of hydrogen-bond acceptors (Lipinski definition) is 7. The van der Waals surface area contributed by atoms with Crippen LogP contribution in [0.15, 0.2) is 18.2 Å². The lowest BCUT2D eigenvalue weighted by Gasteiger charge is -2.34. The monoisotopic (exact) mass is 466 g/mol. The first-order chi connectivity index (χ1) is 16.2. The SMILES string of the molecule is N#Cc1c(NC(=O)CN2CCN(Cc3ccc4c(c3)OCO4)CC2)sc2c1CCCCCC2. The third-order valence-electron chi connectivity index (χ3n) is 6.71. The molecular formula is C25H30N4O3S. The highest BCUT2D eigenvalue weighted by Gasteiger charge is 2.23. The van der Waals surface area contributed by atoms with Gasteiger partial charge in [-0.15, -0.1) is 11.3 Å². The minimum Gasteiger partial charge on any atom is -0.454 e. The number of carbonyl (C=O) groups is 1. The summed E-state index contributed by atoms with van der Waals surface area (Å²) in [4.78, 5) is 18.7. The van der Waals surface area contributed by atoms with Crippen molar-refractivity contribution in [3.63, 3.8) is 0 Å². The normalized spacial score (nSPS) is 18.8. The van der Waals surface area contributed by atoms with E-state index in [2.05, 4.69) is 33.3 Å². The topological polar surface area (TPSA) is 77.8 Å². The summed E-state index contributed by atoms with van der Waals surface area (Å²) in [6, 6.07) is 8.48. The van der Waals surface area contributed by atoms with Gasteiger partial charge in [0.1, 0.15) is 11.1 Å². The molecule has 3 aliphatic rings. The van der Waals surface area contributed by atoms with Gasteiger partial charge >= 0.3 is 0 Å². The van der Waals surface area contributed by atoms with Crippen LogP contribution in [0, 0.1) is 11.3 Å². The predicted octanol–water partition coefficient (Wildman–Crippen LogP) is 3.76. The van der Waals surface area contributed by atoms with Crippen LogP contribution in [-0.2, 0) is 24.2 Å². The van der Waals surface area contributed by atoms with E-state index in [0.29, 0.717) is 18.9 Å². The summed E-state index contributed by atoms with van der Waals surface area (Å²) < 4.78 is 10.9. The minimum atomic E-state index is -0.0232. The van der Waals surface area contributed by atoms with Gasteiger partial charge < -0.3 is 14.8 Å². The third-order valence-corrected chi connectivity index (χ3v) is 7.92. The van der Waals surface area contributed by atoms with Crippen molar-refractivity contribution in [2.24, 2.45) is 0 Å². The number of ether oxygens (including phenoxy) is 2. The van der Waals surface area contributed by atoms with E-state index in [1.807, 2.05) is 6.07 Å². The summed E-state index contributed by atoms with van der Waals surface area (Å²) >= 11 is 1.61. The zero-order valence-electron chi connectivity index (χ0n) is 18.9. The number of benzene rings is 1. The second-order valence-electron chi connectivity index (χ2n) is 9.02. The summed E-state index contributed by atoms with van der Waals surface area (Å²) in [6.45, 7) is 5.06. The quantitative estimate of drug-likeness (QED) is 0.723. The number of amides is 1. The van der Waals surface area contributed by atoms with Crippen molar-refractivity contribution in [3.05, 3.63) is 39.8 Å². The van der Waals surface area contributed by atoms with Gasteiger partial charge in [-0.25, -0.2) is 0 Å². The van der Waals surface area contributed by atoms with Crippen molar-refractivity contribution in [2.45, 2.75) is 45.1 Å². The third kappa shape index (κ3) is 5.16. The summed E-state index contributed by atoms with van der Waals surface area (Å²) in [5.41, 5.74) is 3.08. The number of anilines is 1. The Balaban J connectivity index is 1.13.